The van der Waals surface area contributed by atoms with E-state index in [1.54, 1.807) is 12.0 Å². The maximum Gasteiger partial charge on any atom is 0.303 e. The minimum Gasteiger partial charge on any atom is -0.497 e. The van der Waals surface area contributed by atoms with E-state index >= 15 is 0 Å². The summed E-state index contributed by atoms with van der Waals surface area (Å²) in [6, 6.07) is 15.5. The zero-order chi connectivity index (χ0) is 21.0. The summed E-state index contributed by atoms with van der Waals surface area (Å²) >= 11 is 0. The van der Waals surface area contributed by atoms with Crippen LogP contribution in [0.4, 0.5) is 5.69 Å². The van der Waals surface area contributed by atoms with Gasteiger partial charge in [0.2, 0.25) is 0 Å². The van der Waals surface area contributed by atoms with Gasteiger partial charge in [-0.15, -0.1) is 12.4 Å². The maximum absolute atomic E-state index is 13.6. The molecule has 1 aliphatic heterocycles. The molecule has 2 aromatic carbocycles. The van der Waals surface area contributed by atoms with Crippen LogP contribution in [0, 0.1) is 0 Å². The Morgan fingerprint density at radius 3 is 2.40 bits per heavy atom. The molecular formula is C23H29ClN2O4. The van der Waals surface area contributed by atoms with E-state index in [1.807, 2.05) is 67.5 Å². The minimum absolute atomic E-state index is 0. The lowest BCUT2D eigenvalue weighted by Crippen LogP contribution is -2.45. The van der Waals surface area contributed by atoms with Gasteiger partial charge in [-0.2, -0.15) is 0 Å². The van der Waals surface area contributed by atoms with Gasteiger partial charge in [0, 0.05) is 31.6 Å². The Kier molecular flexibility index (Phi) is 8.26. The number of benzene rings is 2. The van der Waals surface area contributed by atoms with Crippen molar-refractivity contribution >= 4 is 30.0 Å². The molecule has 0 saturated carbocycles. The molecular weight excluding hydrogens is 404 g/mol. The number of halogens is 1. The van der Waals surface area contributed by atoms with Crippen LogP contribution in [-0.4, -0.2) is 57.2 Å². The molecule has 0 fully saturated rings. The highest BCUT2D eigenvalue weighted by atomic mass is 35.5. The summed E-state index contributed by atoms with van der Waals surface area (Å²) in [7, 11) is 5.56. The molecule has 1 heterocycles. The fourth-order valence-electron chi connectivity index (χ4n) is 3.72. The van der Waals surface area contributed by atoms with E-state index in [-0.39, 0.29) is 24.2 Å². The van der Waals surface area contributed by atoms with Crippen LogP contribution in [-0.2, 0) is 20.7 Å². The van der Waals surface area contributed by atoms with Crippen LogP contribution < -0.4 is 9.64 Å². The second-order valence-corrected chi connectivity index (χ2v) is 7.54. The van der Waals surface area contributed by atoms with E-state index in [0.29, 0.717) is 19.5 Å². The van der Waals surface area contributed by atoms with Gasteiger partial charge in [-0.3, -0.25) is 9.59 Å². The van der Waals surface area contributed by atoms with E-state index < -0.39 is 12.1 Å². The highest BCUT2D eigenvalue weighted by Crippen LogP contribution is 2.36. The van der Waals surface area contributed by atoms with Crippen molar-refractivity contribution < 1.29 is 19.1 Å². The normalized spacial score (nSPS) is 18.3. The molecule has 0 aliphatic carbocycles. The van der Waals surface area contributed by atoms with Gasteiger partial charge in [0.05, 0.1) is 7.11 Å². The van der Waals surface area contributed by atoms with E-state index in [9.17, 15) is 9.59 Å². The molecule has 6 nitrogen and oxygen atoms in total. The first kappa shape index (κ1) is 23.7. The number of esters is 1. The summed E-state index contributed by atoms with van der Waals surface area (Å²) in [6.07, 6.45) is -0.277. The number of ether oxygens (including phenoxy) is 2. The first-order valence-corrected chi connectivity index (χ1v) is 9.76. The molecule has 2 atom stereocenters. The molecule has 0 radical (unpaired) electrons. The molecule has 0 unspecified atom stereocenters. The van der Waals surface area contributed by atoms with Gasteiger partial charge in [-0.1, -0.05) is 30.3 Å². The van der Waals surface area contributed by atoms with Crippen molar-refractivity contribution in [1.29, 1.82) is 0 Å². The van der Waals surface area contributed by atoms with Gasteiger partial charge in [0.1, 0.15) is 5.75 Å². The molecule has 0 N–H and O–H groups in total. The number of rotatable bonds is 6. The number of amides is 1. The van der Waals surface area contributed by atoms with Gasteiger partial charge in [-0.05, 0) is 49.8 Å². The number of carbonyl (C=O) groups excluding carboxylic acids is 2. The molecule has 3 rings (SSSR count). The largest absolute Gasteiger partial charge is 0.497 e. The van der Waals surface area contributed by atoms with E-state index in [2.05, 4.69) is 0 Å². The molecule has 0 saturated heterocycles. The van der Waals surface area contributed by atoms with Crippen LogP contribution in [0.25, 0.3) is 0 Å². The summed E-state index contributed by atoms with van der Waals surface area (Å²) in [5.41, 5.74) is 2.89. The predicted molar refractivity (Wildman–Crippen MR) is 120 cm³/mol. The minimum atomic E-state index is -0.879. The number of carbonyl (C=O) groups is 2. The summed E-state index contributed by atoms with van der Waals surface area (Å²) in [5.74, 6) is -0.179. The van der Waals surface area contributed by atoms with Gasteiger partial charge in [0.25, 0.3) is 5.91 Å². The molecule has 30 heavy (non-hydrogen) atoms. The number of methoxy groups -OCH3 is 1. The van der Waals surface area contributed by atoms with Gasteiger partial charge in [0.15, 0.2) is 6.10 Å². The summed E-state index contributed by atoms with van der Waals surface area (Å²) in [5, 5.41) is 0. The molecule has 0 spiro atoms. The molecule has 0 aromatic heterocycles. The fourth-order valence-corrected chi connectivity index (χ4v) is 3.72. The lowest BCUT2D eigenvalue weighted by Gasteiger charge is -2.29. The molecule has 2 aromatic rings. The van der Waals surface area contributed by atoms with Gasteiger partial charge >= 0.3 is 5.97 Å². The van der Waals surface area contributed by atoms with Crippen molar-refractivity contribution in [2.24, 2.45) is 0 Å². The van der Waals surface area contributed by atoms with E-state index in [4.69, 9.17) is 9.47 Å². The monoisotopic (exact) mass is 432 g/mol. The molecule has 7 heteroatoms. The van der Waals surface area contributed by atoms with Gasteiger partial charge in [-0.25, -0.2) is 0 Å². The van der Waals surface area contributed by atoms with Crippen LogP contribution in [0.2, 0.25) is 0 Å². The predicted octanol–water partition coefficient (Wildman–Crippen LogP) is 3.28. The Morgan fingerprint density at radius 2 is 1.80 bits per heavy atom. The van der Waals surface area contributed by atoms with Crippen LogP contribution in [0.5, 0.6) is 5.75 Å². The van der Waals surface area contributed by atoms with Crippen LogP contribution in [0.1, 0.15) is 24.0 Å². The average molecular weight is 433 g/mol. The third kappa shape index (κ3) is 5.32. The van der Waals surface area contributed by atoms with Crippen molar-refractivity contribution in [3.8, 4) is 5.75 Å². The standard InChI is InChI=1S/C23H28N2O4.ClH/c1-16(26)29-22-20(17-9-11-19(28-4)12-10-17)15-18-7-5-6-8-21(18)25(23(22)27)14-13-24(2)3;/h5-12,20,22H,13-15H2,1-4H3;1H/t20-,22+;/m0./s1. The van der Waals surface area contributed by atoms with Crippen LogP contribution >= 0.6 is 12.4 Å². The van der Waals surface area contributed by atoms with E-state index in [0.717, 1.165) is 22.6 Å². The number of likely N-dealkylation sites (N-methyl/N-ethyl adjacent to an activating group) is 1. The third-order valence-electron chi connectivity index (χ3n) is 5.20. The number of anilines is 1. The second kappa shape index (κ2) is 10.5. The quantitative estimate of drug-likeness (QED) is 0.655. The second-order valence-electron chi connectivity index (χ2n) is 7.54. The number of nitrogens with zero attached hydrogens (tertiary/aromatic N) is 2. The zero-order valence-corrected chi connectivity index (χ0v) is 18.6. The number of hydrogen-bond donors (Lipinski definition) is 0. The molecule has 0 bridgehead atoms. The summed E-state index contributed by atoms with van der Waals surface area (Å²) in [4.78, 5) is 29.2. The van der Waals surface area contributed by atoms with Crippen molar-refractivity contribution in [3.63, 3.8) is 0 Å². The van der Waals surface area contributed by atoms with Crippen molar-refractivity contribution in [2.45, 2.75) is 25.4 Å². The maximum atomic E-state index is 13.6. The number of hydrogen-bond acceptors (Lipinski definition) is 5. The summed E-state index contributed by atoms with van der Waals surface area (Å²) in [6.45, 7) is 2.58. The highest BCUT2D eigenvalue weighted by Gasteiger charge is 2.39. The van der Waals surface area contributed by atoms with Gasteiger partial charge < -0.3 is 19.3 Å². The number of fused-ring (bicyclic) bond motifs is 1. The Balaban J connectivity index is 0.00000320. The Morgan fingerprint density at radius 1 is 1.13 bits per heavy atom. The fraction of sp³-hybridized carbons (Fsp3) is 0.391. The highest BCUT2D eigenvalue weighted by molar-refractivity contribution is 5.99. The third-order valence-corrected chi connectivity index (χ3v) is 5.20. The Labute approximate surface area is 184 Å². The first-order chi connectivity index (χ1) is 13.9. The van der Waals surface area contributed by atoms with Crippen molar-refractivity contribution in [3.05, 3.63) is 59.7 Å². The van der Waals surface area contributed by atoms with Crippen LogP contribution in [0.3, 0.4) is 0 Å². The molecule has 1 aliphatic rings. The summed E-state index contributed by atoms with van der Waals surface area (Å²) < 4.78 is 10.9. The van der Waals surface area contributed by atoms with Crippen LogP contribution in [0.15, 0.2) is 48.5 Å². The number of para-hydroxylation sites is 1. The zero-order valence-electron chi connectivity index (χ0n) is 17.8. The smallest absolute Gasteiger partial charge is 0.303 e. The lowest BCUT2D eigenvalue weighted by atomic mass is 9.87. The lowest BCUT2D eigenvalue weighted by molar-refractivity contribution is -0.154. The molecule has 1 amide bonds. The average Bonchev–Trinajstić information content (AvgIpc) is 2.81. The first-order valence-electron chi connectivity index (χ1n) is 9.76. The Bertz CT molecular complexity index is 870. The van der Waals surface area contributed by atoms with Crippen molar-refractivity contribution in [2.75, 3.05) is 39.2 Å². The SMILES string of the molecule is COc1ccc([C@@H]2Cc3ccccc3N(CCN(C)C)C(=O)[C@@H]2OC(C)=O)cc1.Cl. The molecule has 162 valence electrons. The Hall–Kier alpha value is -2.57. The topological polar surface area (TPSA) is 59.1 Å². The van der Waals surface area contributed by atoms with E-state index in [1.165, 1.54) is 6.92 Å². The van der Waals surface area contributed by atoms with Crippen molar-refractivity contribution in [1.82, 2.24) is 4.90 Å².